The Labute approximate surface area is 102 Å². The lowest BCUT2D eigenvalue weighted by molar-refractivity contribution is 0.0721. The first kappa shape index (κ1) is 12.0. The molecule has 0 aliphatic carbocycles. The minimum atomic E-state index is 0.00787. The van der Waals surface area contributed by atoms with Gasteiger partial charge in [-0.05, 0) is 31.4 Å². The number of hydrogen-bond acceptors (Lipinski definition) is 3. The highest BCUT2D eigenvalue weighted by Crippen LogP contribution is 2.24. The van der Waals surface area contributed by atoms with Crippen molar-refractivity contribution in [3.63, 3.8) is 0 Å². The molecule has 2 atom stereocenters. The smallest absolute Gasteiger partial charge is 0.272 e. The molecule has 1 aromatic heterocycles. The lowest BCUT2D eigenvalue weighted by atomic mass is 10.0. The number of aromatic nitrogens is 1. The third-order valence-corrected chi connectivity index (χ3v) is 3.49. The summed E-state index contributed by atoms with van der Waals surface area (Å²) in [6.07, 6.45) is 1.03. The van der Waals surface area contributed by atoms with Crippen molar-refractivity contribution in [1.82, 2.24) is 9.88 Å². The molecule has 92 valence electrons. The van der Waals surface area contributed by atoms with E-state index in [-0.39, 0.29) is 11.9 Å². The van der Waals surface area contributed by atoms with Crippen LogP contribution in [0.1, 0.15) is 29.5 Å². The molecule has 2 unspecified atom stereocenters. The Hall–Kier alpha value is -1.42. The molecule has 2 N–H and O–H groups in total. The van der Waals surface area contributed by atoms with Crippen LogP contribution in [0.5, 0.6) is 0 Å². The van der Waals surface area contributed by atoms with E-state index in [9.17, 15) is 4.79 Å². The van der Waals surface area contributed by atoms with Gasteiger partial charge in [0, 0.05) is 24.8 Å². The Kier molecular flexibility index (Phi) is 3.43. The fraction of sp³-hybridized carbons (Fsp3) is 0.538. The molecule has 1 aliphatic heterocycles. The van der Waals surface area contributed by atoms with Crippen molar-refractivity contribution in [2.75, 3.05) is 13.1 Å². The first-order chi connectivity index (χ1) is 8.13. The van der Waals surface area contributed by atoms with Gasteiger partial charge < -0.3 is 10.6 Å². The number of likely N-dealkylation sites (tertiary alicyclic amines) is 1. The standard InChI is InChI=1S/C13H19N3O/c1-9-6-7-16(12(9)8-14)13(17)11-5-3-4-10(2)15-11/h3-5,9,12H,6-8,14H2,1-2H3. The van der Waals surface area contributed by atoms with Gasteiger partial charge in [0.25, 0.3) is 5.91 Å². The molecule has 17 heavy (non-hydrogen) atoms. The number of carbonyl (C=O) groups excluding carboxylic acids is 1. The third-order valence-electron chi connectivity index (χ3n) is 3.49. The van der Waals surface area contributed by atoms with E-state index in [4.69, 9.17) is 5.73 Å². The minimum absolute atomic E-state index is 0.00787. The second-order valence-corrected chi connectivity index (χ2v) is 4.73. The normalized spacial score (nSPS) is 24.1. The molecule has 0 radical (unpaired) electrons. The van der Waals surface area contributed by atoms with Crippen LogP contribution in [0.2, 0.25) is 0 Å². The second-order valence-electron chi connectivity index (χ2n) is 4.73. The van der Waals surface area contributed by atoms with Crippen LogP contribution in [0.15, 0.2) is 18.2 Å². The molecule has 1 fully saturated rings. The van der Waals surface area contributed by atoms with Gasteiger partial charge in [0.2, 0.25) is 0 Å². The van der Waals surface area contributed by atoms with E-state index < -0.39 is 0 Å². The summed E-state index contributed by atoms with van der Waals surface area (Å²) in [6.45, 7) is 5.36. The first-order valence-electron chi connectivity index (χ1n) is 6.08. The van der Waals surface area contributed by atoms with E-state index in [1.54, 1.807) is 6.07 Å². The summed E-state index contributed by atoms with van der Waals surface area (Å²) < 4.78 is 0. The molecule has 2 heterocycles. The average molecular weight is 233 g/mol. The average Bonchev–Trinajstić information content (AvgIpc) is 2.69. The summed E-state index contributed by atoms with van der Waals surface area (Å²) in [6, 6.07) is 5.69. The molecule has 2 rings (SSSR count). The number of nitrogens with two attached hydrogens (primary N) is 1. The fourth-order valence-corrected chi connectivity index (χ4v) is 2.43. The van der Waals surface area contributed by atoms with Crippen LogP contribution in [0.25, 0.3) is 0 Å². The van der Waals surface area contributed by atoms with Crippen LogP contribution in [0, 0.1) is 12.8 Å². The predicted molar refractivity (Wildman–Crippen MR) is 66.6 cm³/mol. The molecule has 0 aromatic carbocycles. The minimum Gasteiger partial charge on any atom is -0.333 e. The van der Waals surface area contributed by atoms with E-state index in [0.717, 1.165) is 18.7 Å². The van der Waals surface area contributed by atoms with Crippen LogP contribution in [-0.2, 0) is 0 Å². The van der Waals surface area contributed by atoms with Crippen LogP contribution in [0.4, 0.5) is 0 Å². The van der Waals surface area contributed by atoms with Crippen molar-refractivity contribution in [1.29, 1.82) is 0 Å². The lowest BCUT2D eigenvalue weighted by Gasteiger charge is -2.25. The molecule has 0 bridgehead atoms. The summed E-state index contributed by atoms with van der Waals surface area (Å²) in [5.41, 5.74) is 7.14. The Morgan fingerprint density at radius 3 is 3.00 bits per heavy atom. The Morgan fingerprint density at radius 2 is 2.35 bits per heavy atom. The monoisotopic (exact) mass is 233 g/mol. The molecule has 1 aromatic rings. The van der Waals surface area contributed by atoms with E-state index >= 15 is 0 Å². The highest BCUT2D eigenvalue weighted by Gasteiger charge is 2.34. The van der Waals surface area contributed by atoms with Crippen LogP contribution >= 0.6 is 0 Å². The zero-order valence-electron chi connectivity index (χ0n) is 10.4. The highest BCUT2D eigenvalue weighted by molar-refractivity contribution is 5.92. The SMILES string of the molecule is Cc1cccc(C(=O)N2CCC(C)C2CN)n1. The number of hydrogen-bond donors (Lipinski definition) is 1. The van der Waals surface area contributed by atoms with Gasteiger partial charge in [-0.15, -0.1) is 0 Å². The van der Waals surface area contributed by atoms with Crippen molar-refractivity contribution in [2.24, 2.45) is 11.7 Å². The van der Waals surface area contributed by atoms with Crippen molar-refractivity contribution in [3.05, 3.63) is 29.6 Å². The summed E-state index contributed by atoms with van der Waals surface area (Å²) in [7, 11) is 0. The van der Waals surface area contributed by atoms with Crippen molar-refractivity contribution < 1.29 is 4.79 Å². The topological polar surface area (TPSA) is 59.2 Å². The van der Waals surface area contributed by atoms with Gasteiger partial charge in [-0.1, -0.05) is 13.0 Å². The van der Waals surface area contributed by atoms with Gasteiger partial charge >= 0.3 is 0 Å². The molecule has 0 spiro atoms. The molecule has 0 saturated carbocycles. The van der Waals surface area contributed by atoms with Gasteiger partial charge in [0.05, 0.1) is 0 Å². The summed E-state index contributed by atoms with van der Waals surface area (Å²) in [4.78, 5) is 18.5. The Balaban J connectivity index is 2.20. The molecule has 1 aliphatic rings. The number of amides is 1. The molecule has 1 amide bonds. The van der Waals surface area contributed by atoms with Crippen LogP contribution in [-0.4, -0.2) is 34.9 Å². The van der Waals surface area contributed by atoms with E-state index in [1.807, 2.05) is 24.0 Å². The maximum Gasteiger partial charge on any atom is 0.272 e. The van der Waals surface area contributed by atoms with Gasteiger partial charge in [0.15, 0.2) is 0 Å². The number of aryl methyl sites for hydroxylation is 1. The number of pyridine rings is 1. The van der Waals surface area contributed by atoms with E-state index in [0.29, 0.717) is 18.2 Å². The third kappa shape index (κ3) is 2.31. The maximum atomic E-state index is 12.3. The van der Waals surface area contributed by atoms with Crippen molar-refractivity contribution in [3.8, 4) is 0 Å². The summed E-state index contributed by atoms with van der Waals surface area (Å²) in [5, 5.41) is 0. The molecule has 1 saturated heterocycles. The Bertz CT molecular complexity index is 419. The first-order valence-corrected chi connectivity index (χ1v) is 6.08. The maximum absolute atomic E-state index is 12.3. The fourth-order valence-electron chi connectivity index (χ4n) is 2.43. The van der Waals surface area contributed by atoms with Gasteiger partial charge in [0.1, 0.15) is 5.69 Å². The predicted octanol–water partition coefficient (Wildman–Crippen LogP) is 1.20. The van der Waals surface area contributed by atoms with Crippen molar-refractivity contribution in [2.45, 2.75) is 26.3 Å². The zero-order chi connectivity index (χ0) is 12.4. The number of rotatable bonds is 2. The molecule has 4 heteroatoms. The van der Waals surface area contributed by atoms with Gasteiger partial charge in [-0.25, -0.2) is 4.98 Å². The molecule has 4 nitrogen and oxygen atoms in total. The summed E-state index contributed by atoms with van der Waals surface area (Å²) >= 11 is 0. The van der Waals surface area contributed by atoms with Gasteiger partial charge in [-0.3, -0.25) is 4.79 Å². The quantitative estimate of drug-likeness (QED) is 0.835. The van der Waals surface area contributed by atoms with Gasteiger partial charge in [-0.2, -0.15) is 0 Å². The summed E-state index contributed by atoms with van der Waals surface area (Å²) in [5.74, 6) is 0.488. The van der Waals surface area contributed by atoms with E-state index in [2.05, 4.69) is 11.9 Å². The molecular formula is C13H19N3O. The largest absolute Gasteiger partial charge is 0.333 e. The Morgan fingerprint density at radius 1 is 1.59 bits per heavy atom. The number of nitrogens with zero attached hydrogens (tertiary/aromatic N) is 2. The second kappa shape index (κ2) is 4.84. The lowest BCUT2D eigenvalue weighted by Crippen LogP contribution is -2.42. The van der Waals surface area contributed by atoms with Crippen LogP contribution < -0.4 is 5.73 Å². The highest BCUT2D eigenvalue weighted by atomic mass is 16.2. The zero-order valence-corrected chi connectivity index (χ0v) is 10.4. The van der Waals surface area contributed by atoms with E-state index in [1.165, 1.54) is 0 Å². The van der Waals surface area contributed by atoms with Crippen molar-refractivity contribution >= 4 is 5.91 Å². The molecular weight excluding hydrogens is 214 g/mol. The van der Waals surface area contributed by atoms with Crippen LogP contribution in [0.3, 0.4) is 0 Å². The number of carbonyl (C=O) groups is 1.